The first-order chi connectivity index (χ1) is 8.91. The van der Waals surface area contributed by atoms with Crippen LogP contribution in [0, 0.1) is 0 Å². The molecule has 0 atom stereocenters. The van der Waals surface area contributed by atoms with Gasteiger partial charge in [-0.3, -0.25) is 9.78 Å². The van der Waals surface area contributed by atoms with Gasteiger partial charge in [0.2, 0.25) is 0 Å². The molecular weight excluding hydrogens is 281 g/mol. The summed E-state index contributed by atoms with van der Waals surface area (Å²) in [5.74, 6) is 0. The Morgan fingerprint density at radius 1 is 1.16 bits per heavy atom. The average molecular weight is 287 g/mol. The molecule has 0 aromatic carbocycles. The molecule has 98 valence electrons. The van der Waals surface area contributed by atoms with Crippen molar-refractivity contribution in [2.24, 2.45) is 0 Å². The first kappa shape index (κ1) is 13.5. The van der Waals surface area contributed by atoms with Crippen molar-refractivity contribution in [3.8, 4) is 11.3 Å². The van der Waals surface area contributed by atoms with Crippen molar-refractivity contribution in [3.05, 3.63) is 46.9 Å². The second-order valence-corrected chi connectivity index (χ2v) is 4.02. The predicted molar refractivity (Wildman–Crippen MR) is 62.9 cm³/mol. The highest BCUT2D eigenvalue weighted by Crippen LogP contribution is 2.28. The SMILES string of the molecule is O=Cc1nc(-c2ccc(C(F)(F)F)nc2)ccc1Cl. The lowest BCUT2D eigenvalue weighted by atomic mass is 10.1. The van der Waals surface area contributed by atoms with Crippen LogP contribution in [0.15, 0.2) is 30.5 Å². The molecule has 0 saturated carbocycles. The fourth-order valence-electron chi connectivity index (χ4n) is 1.41. The number of hydrogen-bond donors (Lipinski definition) is 0. The normalized spacial score (nSPS) is 11.4. The molecule has 0 aliphatic rings. The number of aromatic nitrogens is 2. The Bertz CT molecular complexity index is 611. The van der Waals surface area contributed by atoms with Crippen LogP contribution in [-0.4, -0.2) is 16.3 Å². The quantitative estimate of drug-likeness (QED) is 0.792. The van der Waals surface area contributed by atoms with Gasteiger partial charge < -0.3 is 0 Å². The number of halogens is 4. The Morgan fingerprint density at radius 3 is 2.42 bits per heavy atom. The van der Waals surface area contributed by atoms with Crippen molar-refractivity contribution >= 4 is 17.9 Å². The van der Waals surface area contributed by atoms with E-state index in [0.717, 1.165) is 12.3 Å². The highest BCUT2D eigenvalue weighted by Gasteiger charge is 2.32. The second-order valence-electron chi connectivity index (χ2n) is 3.61. The molecule has 2 aromatic rings. The maximum Gasteiger partial charge on any atom is 0.433 e. The maximum absolute atomic E-state index is 12.4. The van der Waals surface area contributed by atoms with Crippen molar-refractivity contribution in [2.45, 2.75) is 6.18 Å². The summed E-state index contributed by atoms with van der Waals surface area (Å²) in [5, 5.41) is 0.179. The topological polar surface area (TPSA) is 42.9 Å². The molecule has 2 rings (SSSR count). The number of carbonyl (C=O) groups excluding carboxylic acids is 1. The van der Waals surface area contributed by atoms with Gasteiger partial charge in [-0.05, 0) is 24.3 Å². The molecule has 0 aliphatic carbocycles. The third-order valence-electron chi connectivity index (χ3n) is 2.33. The van der Waals surface area contributed by atoms with Gasteiger partial charge in [-0.15, -0.1) is 0 Å². The third-order valence-corrected chi connectivity index (χ3v) is 2.65. The first-order valence-corrected chi connectivity index (χ1v) is 5.45. The molecule has 0 bridgehead atoms. The Kier molecular flexibility index (Phi) is 3.53. The van der Waals surface area contributed by atoms with Crippen LogP contribution in [0.25, 0.3) is 11.3 Å². The fourth-order valence-corrected chi connectivity index (χ4v) is 1.56. The summed E-state index contributed by atoms with van der Waals surface area (Å²) in [5.41, 5.74) is -0.264. The largest absolute Gasteiger partial charge is 0.433 e. The molecule has 2 heterocycles. The molecule has 0 spiro atoms. The number of aldehydes is 1. The van der Waals surface area contributed by atoms with Gasteiger partial charge in [0, 0.05) is 11.8 Å². The zero-order chi connectivity index (χ0) is 14.0. The van der Waals surface area contributed by atoms with E-state index in [1.165, 1.54) is 18.2 Å². The van der Waals surface area contributed by atoms with Crippen LogP contribution in [0.4, 0.5) is 13.2 Å². The number of alkyl halides is 3. The maximum atomic E-state index is 12.4. The number of pyridine rings is 2. The third kappa shape index (κ3) is 2.90. The number of hydrogen-bond acceptors (Lipinski definition) is 3. The summed E-state index contributed by atoms with van der Waals surface area (Å²) in [6.07, 6.45) is -2.96. The van der Waals surface area contributed by atoms with Gasteiger partial charge >= 0.3 is 6.18 Å². The molecule has 2 aromatic heterocycles. The van der Waals surface area contributed by atoms with E-state index >= 15 is 0 Å². The van der Waals surface area contributed by atoms with Crippen LogP contribution in [0.3, 0.4) is 0 Å². The van der Waals surface area contributed by atoms with Crippen molar-refractivity contribution < 1.29 is 18.0 Å². The lowest BCUT2D eigenvalue weighted by Crippen LogP contribution is -2.07. The molecule has 0 aliphatic heterocycles. The van der Waals surface area contributed by atoms with Crippen molar-refractivity contribution in [1.82, 2.24) is 9.97 Å². The first-order valence-electron chi connectivity index (χ1n) is 5.07. The van der Waals surface area contributed by atoms with Crippen molar-refractivity contribution in [1.29, 1.82) is 0 Å². The molecule has 19 heavy (non-hydrogen) atoms. The van der Waals surface area contributed by atoms with E-state index in [1.807, 2.05) is 0 Å². The van der Waals surface area contributed by atoms with Crippen LogP contribution < -0.4 is 0 Å². The highest BCUT2D eigenvalue weighted by molar-refractivity contribution is 6.32. The van der Waals surface area contributed by atoms with Gasteiger partial charge in [-0.25, -0.2) is 4.98 Å². The smallest absolute Gasteiger partial charge is 0.296 e. The summed E-state index contributed by atoms with van der Waals surface area (Å²) in [4.78, 5) is 17.9. The molecular formula is C12H6ClF3N2O. The second kappa shape index (κ2) is 4.97. The summed E-state index contributed by atoms with van der Waals surface area (Å²) in [6.45, 7) is 0. The summed E-state index contributed by atoms with van der Waals surface area (Å²) in [6, 6.07) is 5.04. The van der Waals surface area contributed by atoms with Crippen LogP contribution in [-0.2, 0) is 6.18 Å². The molecule has 3 nitrogen and oxygen atoms in total. The van der Waals surface area contributed by atoms with Gasteiger partial charge in [0.05, 0.1) is 10.7 Å². The van der Waals surface area contributed by atoms with E-state index < -0.39 is 11.9 Å². The molecule has 0 fully saturated rings. The Hall–Kier alpha value is -1.95. The fraction of sp³-hybridized carbons (Fsp3) is 0.0833. The van der Waals surface area contributed by atoms with Gasteiger partial charge in [0.1, 0.15) is 11.4 Å². The number of nitrogens with zero attached hydrogens (tertiary/aromatic N) is 2. The number of rotatable bonds is 2. The van der Waals surface area contributed by atoms with E-state index in [0.29, 0.717) is 17.5 Å². The van der Waals surface area contributed by atoms with Gasteiger partial charge in [0.25, 0.3) is 0 Å². The Labute approximate surface area is 111 Å². The average Bonchev–Trinajstić information content (AvgIpc) is 2.38. The summed E-state index contributed by atoms with van der Waals surface area (Å²) < 4.78 is 37.1. The van der Waals surface area contributed by atoms with Crippen molar-refractivity contribution in [2.75, 3.05) is 0 Å². The van der Waals surface area contributed by atoms with E-state index in [1.54, 1.807) is 0 Å². The zero-order valence-corrected chi connectivity index (χ0v) is 10.0. The van der Waals surface area contributed by atoms with Crippen LogP contribution in [0.5, 0.6) is 0 Å². The van der Waals surface area contributed by atoms with Crippen LogP contribution in [0.2, 0.25) is 5.02 Å². The molecule has 0 radical (unpaired) electrons. The van der Waals surface area contributed by atoms with E-state index in [-0.39, 0.29) is 10.7 Å². The lowest BCUT2D eigenvalue weighted by molar-refractivity contribution is -0.141. The van der Waals surface area contributed by atoms with Gasteiger partial charge in [-0.1, -0.05) is 11.6 Å². The van der Waals surface area contributed by atoms with E-state index in [2.05, 4.69) is 9.97 Å². The Balaban J connectivity index is 2.40. The monoisotopic (exact) mass is 286 g/mol. The van der Waals surface area contributed by atoms with Crippen molar-refractivity contribution in [3.63, 3.8) is 0 Å². The predicted octanol–water partition coefficient (Wildman–Crippen LogP) is 3.63. The van der Waals surface area contributed by atoms with Gasteiger partial charge in [-0.2, -0.15) is 13.2 Å². The highest BCUT2D eigenvalue weighted by atomic mass is 35.5. The molecule has 0 N–H and O–H groups in total. The summed E-state index contributed by atoms with van der Waals surface area (Å²) in [7, 11) is 0. The van der Waals surface area contributed by atoms with Crippen LogP contribution in [0.1, 0.15) is 16.2 Å². The minimum absolute atomic E-state index is 0.0269. The van der Waals surface area contributed by atoms with E-state index in [9.17, 15) is 18.0 Å². The minimum atomic E-state index is -4.49. The molecule has 7 heteroatoms. The summed E-state index contributed by atoms with van der Waals surface area (Å²) >= 11 is 5.71. The zero-order valence-electron chi connectivity index (χ0n) is 9.28. The van der Waals surface area contributed by atoms with Crippen LogP contribution >= 0.6 is 11.6 Å². The lowest BCUT2D eigenvalue weighted by Gasteiger charge is -2.06. The van der Waals surface area contributed by atoms with Gasteiger partial charge in [0.15, 0.2) is 6.29 Å². The standard InChI is InChI=1S/C12H6ClF3N2O/c13-8-2-3-9(18-10(8)6-19)7-1-4-11(17-5-7)12(14,15)16/h1-6H. The molecule has 0 saturated heterocycles. The Morgan fingerprint density at radius 2 is 1.89 bits per heavy atom. The number of carbonyl (C=O) groups is 1. The molecule has 0 amide bonds. The molecule has 0 unspecified atom stereocenters. The van der Waals surface area contributed by atoms with E-state index in [4.69, 9.17) is 11.6 Å². The minimum Gasteiger partial charge on any atom is -0.296 e.